The summed E-state index contributed by atoms with van der Waals surface area (Å²) in [5.74, 6) is -0.000138. The van der Waals surface area contributed by atoms with Crippen molar-refractivity contribution >= 4 is 15.9 Å². The maximum atomic E-state index is 13.1. The summed E-state index contributed by atoms with van der Waals surface area (Å²) in [5.41, 5.74) is 3.03. The van der Waals surface area contributed by atoms with E-state index in [1.807, 2.05) is 73.8 Å². The average Bonchev–Trinajstić information content (AvgIpc) is 2.86. The fraction of sp³-hybridized carbons (Fsp3) is 0.296. The molecule has 1 heterocycles. The summed E-state index contributed by atoms with van der Waals surface area (Å²) >= 11 is 0. The van der Waals surface area contributed by atoms with E-state index < -0.39 is 10.0 Å². The number of nitrogens with zero attached hydrogens (tertiary/aromatic N) is 3. The molecule has 0 aromatic heterocycles. The summed E-state index contributed by atoms with van der Waals surface area (Å²) in [4.78, 5) is 17.0. The predicted octanol–water partition coefficient (Wildman–Crippen LogP) is 3.38. The van der Waals surface area contributed by atoms with Crippen LogP contribution in [-0.2, 0) is 20.6 Å². The minimum atomic E-state index is -3.41. The van der Waals surface area contributed by atoms with Crippen LogP contribution in [0.4, 0.5) is 0 Å². The van der Waals surface area contributed by atoms with Gasteiger partial charge < -0.3 is 4.90 Å². The van der Waals surface area contributed by atoms with E-state index in [0.29, 0.717) is 26.2 Å². The molecule has 178 valence electrons. The lowest BCUT2D eigenvalue weighted by molar-refractivity contribution is -0.133. The van der Waals surface area contributed by atoms with Gasteiger partial charge in [0.1, 0.15) is 0 Å². The van der Waals surface area contributed by atoms with E-state index in [2.05, 4.69) is 29.2 Å². The standard InChI is InChI=1S/C27H31N3O3S/c1-28(27(24-13-7-3-8-14-24)25-15-9-4-10-16-25)21-26(31)29-17-19-30(20-18-29)34(32,33)22-23-11-5-2-6-12-23/h2-16,27H,17-22H2,1H3. The van der Waals surface area contributed by atoms with Gasteiger partial charge in [0.15, 0.2) is 0 Å². The molecular weight excluding hydrogens is 446 g/mol. The molecule has 1 saturated heterocycles. The van der Waals surface area contributed by atoms with Crippen LogP contribution in [0, 0.1) is 0 Å². The maximum absolute atomic E-state index is 13.1. The number of carbonyl (C=O) groups excluding carboxylic acids is 1. The highest BCUT2D eigenvalue weighted by molar-refractivity contribution is 7.88. The van der Waals surface area contributed by atoms with Crippen LogP contribution < -0.4 is 0 Å². The number of benzene rings is 3. The minimum Gasteiger partial charge on any atom is -0.339 e. The van der Waals surface area contributed by atoms with Crippen LogP contribution in [0.1, 0.15) is 22.7 Å². The summed E-state index contributed by atoms with van der Waals surface area (Å²) in [6.07, 6.45) is 0. The average molecular weight is 478 g/mol. The van der Waals surface area contributed by atoms with Gasteiger partial charge in [0.25, 0.3) is 0 Å². The Morgan fingerprint density at radius 2 is 1.26 bits per heavy atom. The fourth-order valence-corrected chi connectivity index (χ4v) is 5.98. The molecule has 3 aromatic carbocycles. The van der Waals surface area contributed by atoms with Gasteiger partial charge in [-0.05, 0) is 23.7 Å². The van der Waals surface area contributed by atoms with Gasteiger partial charge in [-0.1, -0.05) is 91.0 Å². The third kappa shape index (κ3) is 5.91. The third-order valence-electron chi connectivity index (χ3n) is 6.23. The maximum Gasteiger partial charge on any atom is 0.236 e. The smallest absolute Gasteiger partial charge is 0.236 e. The molecule has 1 amide bonds. The summed E-state index contributed by atoms with van der Waals surface area (Å²) in [6, 6.07) is 29.5. The lowest BCUT2D eigenvalue weighted by Gasteiger charge is -2.36. The van der Waals surface area contributed by atoms with Crippen molar-refractivity contribution in [1.29, 1.82) is 0 Å². The number of carbonyl (C=O) groups is 1. The lowest BCUT2D eigenvalue weighted by atomic mass is 9.97. The van der Waals surface area contributed by atoms with Crippen LogP contribution >= 0.6 is 0 Å². The molecule has 0 unspecified atom stereocenters. The van der Waals surface area contributed by atoms with Gasteiger partial charge in [0.2, 0.25) is 15.9 Å². The predicted molar refractivity (Wildman–Crippen MR) is 135 cm³/mol. The SMILES string of the molecule is CN(CC(=O)N1CCN(S(=O)(=O)Cc2ccccc2)CC1)C(c1ccccc1)c1ccccc1. The van der Waals surface area contributed by atoms with Gasteiger partial charge in [-0.2, -0.15) is 4.31 Å². The number of likely N-dealkylation sites (N-methyl/N-ethyl adjacent to an activating group) is 1. The Morgan fingerprint density at radius 3 is 1.76 bits per heavy atom. The van der Waals surface area contributed by atoms with E-state index in [1.165, 1.54) is 4.31 Å². The first kappa shape index (κ1) is 24.1. The van der Waals surface area contributed by atoms with Crippen molar-refractivity contribution in [1.82, 2.24) is 14.1 Å². The van der Waals surface area contributed by atoms with Crippen molar-refractivity contribution in [3.63, 3.8) is 0 Å². The zero-order chi connectivity index (χ0) is 24.0. The van der Waals surface area contributed by atoms with Gasteiger partial charge in [0, 0.05) is 26.2 Å². The molecule has 0 aliphatic carbocycles. The molecule has 0 N–H and O–H groups in total. The summed E-state index contributed by atoms with van der Waals surface area (Å²) in [5, 5.41) is 0. The van der Waals surface area contributed by atoms with E-state index in [4.69, 9.17) is 0 Å². The molecule has 0 saturated carbocycles. The Bertz CT molecular complexity index is 1120. The first-order valence-corrected chi connectivity index (χ1v) is 13.1. The third-order valence-corrected chi connectivity index (χ3v) is 8.08. The second-order valence-corrected chi connectivity index (χ2v) is 10.6. The zero-order valence-electron chi connectivity index (χ0n) is 19.5. The van der Waals surface area contributed by atoms with Crippen LogP contribution in [0.15, 0.2) is 91.0 Å². The highest BCUT2D eigenvalue weighted by atomic mass is 32.2. The molecule has 1 aliphatic heterocycles. The first-order chi connectivity index (χ1) is 16.4. The van der Waals surface area contributed by atoms with E-state index in [0.717, 1.165) is 16.7 Å². The highest BCUT2D eigenvalue weighted by Crippen LogP contribution is 2.27. The molecule has 1 fully saturated rings. The van der Waals surface area contributed by atoms with E-state index >= 15 is 0 Å². The molecule has 0 atom stereocenters. The van der Waals surface area contributed by atoms with Gasteiger partial charge in [-0.15, -0.1) is 0 Å². The van der Waals surface area contributed by atoms with Gasteiger partial charge in [-0.3, -0.25) is 9.69 Å². The summed E-state index contributed by atoms with van der Waals surface area (Å²) in [6.45, 7) is 1.71. The largest absolute Gasteiger partial charge is 0.339 e. The number of hydrogen-bond acceptors (Lipinski definition) is 4. The van der Waals surface area contributed by atoms with Gasteiger partial charge >= 0.3 is 0 Å². The Balaban J connectivity index is 1.38. The van der Waals surface area contributed by atoms with Crippen molar-refractivity contribution in [3.05, 3.63) is 108 Å². The van der Waals surface area contributed by atoms with E-state index in [1.54, 1.807) is 4.90 Å². The van der Waals surface area contributed by atoms with Crippen molar-refractivity contribution in [3.8, 4) is 0 Å². The highest BCUT2D eigenvalue weighted by Gasteiger charge is 2.30. The Kier molecular flexibility index (Phi) is 7.77. The summed E-state index contributed by atoms with van der Waals surface area (Å²) in [7, 11) is -1.45. The lowest BCUT2D eigenvalue weighted by Crippen LogP contribution is -2.52. The second-order valence-electron chi connectivity index (χ2n) is 8.66. The Hall–Kier alpha value is -3.00. The zero-order valence-corrected chi connectivity index (χ0v) is 20.3. The van der Waals surface area contributed by atoms with Crippen LogP contribution in [0.2, 0.25) is 0 Å². The molecule has 6 nitrogen and oxygen atoms in total. The monoisotopic (exact) mass is 477 g/mol. The topological polar surface area (TPSA) is 60.9 Å². The van der Waals surface area contributed by atoms with Crippen molar-refractivity contribution in [2.45, 2.75) is 11.8 Å². The molecule has 3 aromatic rings. The number of piperazine rings is 1. The minimum absolute atomic E-state index is 0.0134. The molecule has 7 heteroatoms. The quantitative estimate of drug-likeness (QED) is 0.499. The van der Waals surface area contributed by atoms with Crippen molar-refractivity contribution < 1.29 is 13.2 Å². The summed E-state index contributed by atoms with van der Waals surface area (Å²) < 4.78 is 27.2. The van der Waals surface area contributed by atoms with Gasteiger partial charge in [0.05, 0.1) is 18.3 Å². The molecule has 0 bridgehead atoms. The number of hydrogen-bond donors (Lipinski definition) is 0. The van der Waals surface area contributed by atoms with Crippen LogP contribution in [0.3, 0.4) is 0 Å². The second kappa shape index (κ2) is 11.0. The number of rotatable bonds is 8. The molecular formula is C27H31N3O3S. The number of amides is 1. The first-order valence-electron chi connectivity index (χ1n) is 11.5. The van der Waals surface area contributed by atoms with Crippen LogP contribution in [0.25, 0.3) is 0 Å². The molecule has 0 radical (unpaired) electrons. The van der Waals surface area contributed by atoms with Crippen molar-refractivity contribution in [2.75, 3.05) is 39.8 Å². The molecule has 34 heavy (non-hydrogen) atoms. The van der Waals surface area contributed by atoms with Gasteiger partial charge in [-0.25, -0.2) is 8.42 Å². The molecule has 4 rings (SSSR count). The normalized spacial score (nSPS) is 15.1. The number of sulfonamides is 1. The van der Waals surface area contributed by atoms with E-state index in [9.17, 15) is 13.2 Å². The Labute approximate surface area is 202 Å². The van der Waals surface area contributed by atoms with Crippen molar-refractivity contribution in [2.24, 2.45) is 0 Å². The van der Waals surface area contributed by atoms with E-state index in [-0.39, 0.29) is 24.2 Å². The fourth-order valence-electron chi connectivity index (χ4n) is 4.47. The molecule has 0 spiro atoms. The Morgan fingerprint density at radius 1 is 0.794 bits per heavy atom. The van der Waals surface area contributed by atoms with Crippen LogP contribution in [-0.4, -0.2) is 68.2 Å². The van der Waals surface area contributed by atoms with Crippen LogP contribution in [0.5, 0.6) is 0 Å². The molecule has 1 aliphatic rings.